The number of anilines is 1. The van der Waals surface area contributed by atoms with Gasteiger partial charge in [-0.25, -0.2) is 0 Å². The molecule has 3 N–H and O–H groups in total. The van der Waals surface area contributed by atoms with Crippen molar-refractivity contribution in [2.24, 2.45) is 0 Å². The molecule has 3 nitrogen and oxygen atoms in total. The molecule has 1 atom stereocenters. The van der Waals surface area contributed by atoms with Gasteiger partial charge in [-0.3, -0.25) is 0 Å². The highest BCUT2D eigenvalue weighted by atomic mass is 35.5. The van der Waals surface area contributed by atoms with Gasteiger partial charge < -0.3 is 15.6 Å². The molecule has 106 valence electrons. The van der Waals surface area contributed by atoms with Gasteiger partial charge in [0.25, 0.3) is 0 Å². The smallest absolute Gasteiger partial charge is 0.122 e. The van der Waals surface area contributed by atoms with Gasteiger partial charge in [0.15, 0.2) is 0 Å². The van der Waals surface area contributed by atoms with E-state index in [1.165, 1.54) is 0 Å². The van der Waals surface area contributed by atoms with Gasteiger partial charge in [-0.05, 0) is 41.8 Å². The summed E-state index contributed by atoms with van der Waals surface area (Å²) in [5.74, 6) is 0.768. The average Bonchev–Trinajstić information content (AvgIpc) is 2.48. The third-order valence-corrected chi connectivity index (χ3v) is 3.62. The summed E-state index contributed by atoms with van der Waals surface area (Å²) in [5, 5.41) is 11.2. The van der Waals surface area contributed by atoms with Gasteiger partial charge in [-0.1, -0.05) is 30.7 Å². The van der Waals surface area contributed by atoms with Crippen LogP contribution in [-0.2, 0) is 6.42 Å². The van der Waals surface area contributed by atoms with Crippen LogP contribution in [0.4, 0.5) is 5.69 Å². The lowest BCUT2D eigenvalue weighted by Crippen LogP contribution is -2.07. The van der Waals surface area contributed by atoms with Gasteiger partial charge in [-0.15, -0.1) is 0 Å². The quantitative estimate of drug-likeness (QED) is 0.847. The molecule has 0 fully saturated rings. The number of benzene rings is 2. The van der Waals surface area contributed by atoms with E-state index in [1.807, 2.05) is 25.1 Å². The average molecular weight is 292 g/mol. The van der Waals surface area contributed by atoms with Crippen LogP contribution in [0.5, 0.6) is 5.75 Å². The zero-order chi connectivity index (χ0) is 14.7. The maximum Gasteiger partial charge on any atom is 0.122 e. The molecule has 0 unspecified atom stereocenters. The van der Waals surface area contributed by atoms with Crippen molar-refractivity contribution in [1.82, 2.24) is 0 Å². The molecule has 0 radical (unpaired) electrons. The van der Waals surface area contributed by atoms with Gasteiger partial charge in [0.2, 0.25) is 0 Å². The number of rotatable bonds is 4. The minimum atomic E-state index is -0.821. The standard InChI is InChI=1S/C16H18ClNO2/c1-3-11-12(5-4-6-15(11)20-2)16(19)13-9-10(17)7-8-14(13)18/h4-9,16,19H,3,18H2,1-2H3/t16-/m1/s1. The summed E-state index contributed by atoms with van der Waals surface area (Å²) < 4.78 is 5.35. The molecule has 4 heteroatoms. The Morgan fingerprint density at radius 3 is 2.65 bits per heavy atom. The Labute approximate surface area is 123 Å². The molecule has 2 rings (SSSR count). The van der Waals surface area contributed by atoms with Crippen molar-refractivity contribution in [3.8, 4) is 5.75 Å². The second-order valence-corrected chi connectivity index (χ2v) is 4.99. The largest absolute Gasteiger partial charge is 0.496 e. The van der Waals surface area contributed by atoms with Crippen molar-refractivity contribution in [2.75, 3.05) is 12.8 Å². The minimum Gasteiger partial charge on any atom is -0.496 e. The van der Waals surface area contributed by atoms with E-state index >= 15 is 0 Å². The van der Waals surface area contributed by atoms with Gasteiger partial charge >= 0.3 is 0 Å². The highest BCUT2D eigenvalue weighted by Gasteiger charge is 2.19. The molecule has 2 aromatic rings. The van der Waals surface area contributed by atoms with Crippen LogP contribution < -0.4 is 10.5 Å². The second kappa shape index (κ2) is 6.16. The molecule has 0 heterocycles. The monoisotopic (exact) mass is 291 g/mol. The van der Waals surface area contributed by atoms with Crippen LogP contribution in [0.15, 0.2) is 36.4 Å². The van der Waals surface area contributed by atoms with E-state index < -0.39 is 6.10 Å². The summed E-state index contributed by atoms with van der Waals surface area (Å²) in [7, 11) is 1.62. The minimum absolute atomic E-state index is 0.520. The van der Waals surface area contributed by atoms with E-state index in [-0.39, 0.29) is 0 Å². The highest BCUT2D eigenvalue weighted by Crippen LogP contribution is 2.34. The van der Waals surface area contributed by atoms with Crippen LogP contribution in [0.3, 0.4) is 0 Å². The van der Waals surface area contributed by atoms with E-state index in [0.29, 0.717) is 16.3 Å². The Balaban J connectivity index is 2.53. The first-order chi connectivity index (χ1) is 9.58. The molecule has 0 aliphatic carbocycles. The molecular formula is C16H18ClNO2. The van der Waals surface area contributed by atoms with Crippen molar-refractivity contribution in [2.45, 2.75) is 19.4 Å². The summed E-state index contributed by atoms with van der Waals surface area (Å²) in [6, 6.07) is 10.7. The number of hydrogen-bond donors (Lipinski definition) is 2. The fourth-order valence-electron chi connectivity index (χ4n) is 2.36. The number of aliphatic hydroxyl groups excluding tert-OH is 1. The SMILES string of the molecule is CCc1c(OC)cccc1[C@@H](O)c1cc(Cl)ccc1N. The third-order valence-electron chi connectivity index (χ3n) is 3.38. The Hall–Kier alpha value is -1.71. The van der Waals surface area contributed by atoms with Crippen molar-refractivity contribution in [3.05, 3.63) is 58.1 Å². The van der Waals surface area contributed by atoms with Crippen LogP contribution in [-0.4, -0.2) is 12.2 Å². The molecule has 0 amide bonds. The van der Waals surface area contributed by atoms with E-state index in [1.54, 1.807) is 25.3 Å². The molecule has 0 aromatic heterocycles. The van der Waals surface area contributed by atoms with Crippen molar-refractivity contribution in [1.29, 1.82) is 0 Å². The number of halogens is 1. The number of hydrogen-bond acceptors (Lipinski definition) is 3. The van der Waals surface area contributed by atoms with Gasteiger partial charge in [0.05, 0.1) is 7.11 Å². The fraction of sp³-hybridized carbons (Fsp3) is 0.250. The summed E-state index contributed by atoms with van der Waals surface area (Å²) >= 11 is 5.99. The normalized spacial score (nSPS) is 12.2. The lowest BCUT2D eigenvalue weighted by Gasteiger charge is -2.19. The molecule has 2 aromatic carbocycles. The summed E-state index contributed by atoms with van der Waals surface area (Å²) in [4.78, 5) is 0. The molecular weight excluding hydrogens is 274 g/mol. The number of nitrogens with two attached hydrogens (primary N) is 1. The van der Waals surface area contributed by atoms with E-state index in [2.05, 4.69) is 0 Å². The van der Waals surface area contributed by atoms with Gasteiger partial charge in [0, 0.05) is 16.3 Å². The number of aliphatic hydroxyl groups is 1. The Bertz CT molecular complexity index is 613. The van der Waals surface area contributed by atoms with Crippen LogP contribution in [0, 0.1) is 0 Å². The Kier molecular flexibility index (Phi) is 4.53. The van der Waals surface area contributed by atoms with Gasteiger partial charge in [-0.2, -0.15) is 0 Å². The van der Waals surface area contributed by atoms with Crippen LogP contribution >= 0.6 is 11.6 Å². The van der Waals surface area contributed by atoms with E-state index in [0.717, 1.165) is 23.3 Å². The lowest BCUT2D eigenvalue weighted by molar-refractivity contribution is 0.219. The van der Waals surface area contributed by atoms with Crippen LogP contribution in [0.2, 0.25) is 5.02 Å². The molecule has 0 bridgehead atoms. The zero-order valence-corrected chi connectivity index (χ0v) is 12.3. The first kappa shape index (κ1) is 14.7. The summed E-state index contributed by atoms with van der Waals surface area (Å²) in [6.07, 6.45) is -0.0598. The van der Waals surface area contributed by atoms with Crippen LogP contribution in [0.1, 0.15) is 29.7 Å². The first-order valence-corrected chi connectivity index (χ1v) is 6.85. The second-order valence-electron chi connectivity index (χ2n) is 4.56. The first-order valence-electron chi connectivity index (χ1n) is 6.47. The number of methoxy groups -OCH3 is 1. The van der Waals surface area contributed by atoms with E-state index in [9.17, 15) is 5.11 Å². The molecule has 0 saturated carbocycles. The van der Waals surface area contributed by atoms with Crippen molar-refractivity contribution in [3.63, 3.8) is 0 Å². The summed E-state index contributed by atoms with van der Waals surface area (Å²) in [5.41, 5.74) is 8.84. The third kappa shape index (κ3) is 2.74. The van der Waals surface area contributed by atoms with E-state index in [4.69, 9.17) is 22.1 Å². The lowest BCUT2D eigenvalue weighted by atomic mass is 9.94. The maximum atomic E-state index is 10.6. The summed E-state index contributed by atoms with van der Waals surface area (Å²) in [6.45, 7) is 2.02. The number of ether oxygens (including phenoxy) is 1. The predicted molar refractivity (Wildman–Crippen MR) is 82.3 cm³/mol. The molecule has 0 aliphatic heterocycles. The van der Waals surface area contributed by atoms with Crippen molar-refractivity contribution < 1.29 is 9.84 Å². The maximum absolute atomic E-state index is 10.6. The highest BCUT2D eigenvalue weighted by molar-refractivity contribution is 6.30. The van der Waals surface area contributed by atoms with Crippen LogP contribution in [0.25, 0.3) is 0 Å². The van der Waals surface area contributed by atoms with Gasteiger partial charge in [0.1, 0.15) is 11.9 Å². The van der Waals surface area contributed by atoms with Crippen molar-refractivity contribution >= 4 is 17.3 Å². The number of nitrogen functional groups attached to an aromatic ring is 1. The fourth-order valence-corrected chi connectivity index (χ4v) is 2.54. The topological polar surface area (TPSA) is 55.5 Å². The molecule has 0 saturated heterocycles. The Morgan fingerprint density at radius 2 is 2.00 bits per heavy atom. The molecule has 0 spiro atoms. The predicted octanol–water partition coefficient (Wildman–Crippen LogP) is 3.57. The Morgan fingerprint density at radius 1 is 1.25 bits per heavy atom. The zero-order valence-electron chi connectivity index (χ0n) is 11.6. The molecule has 20 heavy (non-hydrogen) atoms. The molecule has 0 aliphatic rings.